The van der Waals surface area contributed by atoms with Crippen LogP contribution in [-0.2, 0) is 20.7 Å². The van der Waals surface area contributed by atoms with Crippen molar-refractivity contribution in [3.8, 4) is 11.5 Å². The molecule has 9 nitrogen and oxygen atoms in total. The first-order chi connectivity index (χ1) is 18.2. The number of rotatable bonds is 6. The number of aryl methyl sites for hydroxylation is 1. The van der Waals surface area contributed by atoms with Gasteiger partial charge in [0.25, 0.3) is 5.78 Å². The average molecular weight is 535 g/mol. The Morgan fingerprint density at radius 1 is 1.24 bits per heavy atom. The number of hydrogen-bond acceptors (Lipinski definition) is 9. The van der Waals surface area contributed by atoms with Crippen molar-refractivity contribution in [1.82, 2.24) is 4.98 Å². The van der Waals surface area contributed by atoms with Gasteiger partial charge in [0.2, 0.25) is 0 Å². The molecule has 2 aliphatic heterocycles. The van der Waals surface area contributed by atoms with Gasteiger partial charge in [-0.15, -0.1) is 0 Å². The lowest BCUT2D eigenvalue weighted by Crippen LogP contribution is -2.29. The molecule has 1 fully saturated rings. The first-order valence-electron chi connectivity index (χ1n) is 12.1. The highest BCUT2D eigenvalue weighted by molar-refractivity contribution is 7.17. The van der Waals surface area contributed by atoms with E-state index in [0.717, 1.165) is 22.6 Å². The van der Waals surface area contributed by atoms with Gasteiger partial charge in [-0.1, -0.05) is 29.5 Å². The number of esters is 1. The lowest BCUT2D eigenvalue weighted by molar-refractivity contribution is -0.132. The molecule has 0 saturated carbocycles. The Balaban J connectivity index is 1.71. The number of aliphatic hydroxyl groups excluding tert-OH is 1. The summed E-state index contributed by atoms with van der Waals surface area (Å²) in [4.78, 5) is 45.2. The maximum Gasteiger partial charge on any atom is 0.350 e. The van der Waals surface area contributed by atoms with Crippen molar-refractivity contribution in [2.45, 2.75) is 39.3 Å². The van der Waals surface area contributed by atoms with Gasteiger partial charge in [0.15, 0.2) is 5.13 Å². The molecule has 1 amide bonds. The summed E-state index contributed by atoms with van der Waals surface area (Å²) in [5.74, 6) is -1.46. The molecule has 38 heavy (non-hydrogen) atoms. The Bertz CT molecular complexity index is 1490. The molecule has 2 unspecified atom stereocenters. The number of thiazole rings is 1. The van der Waals surface area contributed by atoms with Gasteiger partial charge in [-0.25, -0.2) is 9.78 Å². The number of hydrogen-bond donors (Lipinski definition) is 1. The fourth-order valence-electron chi connectivity index (χ4n) is 4.81. The second kappa shape index (κ2) is 9.94. The molecule has 196 valence electrons. The minimum absolute atomic E-state index is 0.00296. The number of para-hydroxylation sites is 1. The first kappa shape index (κ1) is 25.5. The Kier molecular flexibility index (Phi) is 6.66. The normalized spacial score (nSPS) is 19.8. The second-order valence-corrected chi connectivity index (χ2v) is 9.98. The van der Waals surface area contributed by atoms with Crippen molar-refractivity contribution in [3.05, 3.63) is 75.3 Å². The molecule has 0 radical (unpaired) electrons. The topological polar surface area (TPSA) is 115 Å². The molecule has 2 aromatic carbocycles. The fraction of sp³-hybridized carbons (Fsp3) is 0.286. The SMILES string of the molecule is CCOc1ccccc1C1C(=C(O)c2ccc3c(c2)CC(C)O3)C(=O)C(=O)N1c1nc(C)c(C(=O)OC)s1. The quantitative estimate of drug-likeness (QED) is 0.211. The van der Waals surface area contributed by atoms with Crippen LogP contribution in [0.1, 0.15) is 51.9 Å². The van der Waals surface area contributed by atoms with E-state index in [9.17, 15) is 19.5 Å². The summed E-state index contributed by atoms with van der Waals surface area (Å²) >= 11 is 0.945. The van der Waals surface area contributed by atoms with Gasteiger partial charge in [0.05, 0.1) is 25.0 Å². The summed E-state index contributed by atoms with van der Waals surface area (Å²) in [7, 11) is 1.26. The predicted octanol–water partition coefficient (Wildman–Crippen LogP) is 4.59. The van der Waals surface area contributed by atoms with Crippen LogP contribution in [0.5, 0.6) is 11.5 Å². The van der Waals surface area contributed by atoms with E-state index in [0.29, 0.717) is 35.6 Å². The van der Waals surface area contributed by atoms with Gasteiger partial charge in [-0.05, 0) is 50.6 Å². The number of nitrogens with zero attached hydrogens (tertiary/aromatic N) is 2. The Morgan fingerprint density at radius 2 is 2.00 bits per heavy atom. The number of Topliss-reactive ketones (excluding diaryl/α,β-unsaturated/α-hetero) is 1. The molecule has 2 atom stereocenters. The van der Waals surface area contributed by atoms with Gasteiger partial charge in [0, 0.05) is 17.5 Å². The van der Waals surface area contributed by atoms with Crippen molar-refractivity contribution < 1.29 is 33.7 Å². The zero-order chi connectivity index (χ0) is 27.1. The molecule has 5 rings (SSSR count). The molecule has 3 heterocycles. The number of aromatic nitrogens is 1. The Morgan fingerprint density at radius 3 is 2.74 bits per heavy atom. The largest absolute Gasteiger partial charge is 0.507 e. The van der Waals surface area contributed by atoms with Crippen LogP contribution in [0.25, 0.3) is 5.76 Å². The maximum atomic E-state index is 13.5. The van der Waals surface area contributed by atoms with E-state index in [2.05, 4.69) is 4.98 Å². The third kappa shape index (κ3) is 4.20. The number of carbonyl (C=O) groups excluding carboxylic acids is 3. The number of benzene rings is 2. The first-order valence-corrected chi connectivity index (χ1v) is 12.9. The zero-order valence-corrected chi connectivity index (χ0v) is 22.1. The van der Waals surface area contributed by atoms with E-state index >= 15 is 0 Å². The molecule has 3 aromatic rings. The van der Waals surface area contributed by atoms with Crippen LogP contribution in [-0.4, -0.2) is 47.6 Å². The van der Waals surface area contributed by atoms with Gasteiger partial charge in [-0.3, -0.25) is 14.5 Å². The summed E-state index contributed by atoms with van der Waals surface area (Å²) in [6.07, 6.45) is 0.666. The van der Waals surface area contributed by atoms with E-state index in [1.54, 1.807) is 49.4 Å². The molecule has 1 saturated heterocycles. The van der Waals surface area contributed by atoms with Crippen molar-refractivity contribution in [3.63, 3.8) is 0 Å². The molecular weight excluding hydrogens is 508 g/mol. The van der Waals surface area contributed by atoms with Crippen molar-refractivity contribution in [2.24, 2.45) is 0 Å². The van der Waals surface area contributed by atoms with Gasteiger partial charge < -0.3 is 19.3 Å². The summed E-state index contributed by atoms with van der Waals surface area (Å²) in [6.45, 7) is 5.75. The van der Waals surface area contributed by atoms with Crippen LogP contribution < -0.4 is 14.4 Å². The summed E-state index contributed by atoms with van der Waals surface area (Å²) < 4.78 is 16.4. The lowest BCUT2D eigenvalue weighted by Gasteiger charge is -2.24. The number of fused-ring (bicyclic) bond motifs is 1. The van der Waals surface area contributed by atoms with Crippen molar-refractivity contribution >= 4 is 39.9 Å². The van der Waals surface area contributed by atoms with E-state index in [-0.39, 0.29) is 27.4 Å². The van der Waals surface area contributed by atoms with Crippen LogP contribution in [0.2, 0.25) is 0 Å². The van der Waals surface area contributed by atoms with Gasteiger partial charge in [0.1, 0.15) is 34.3 Å². The maximum absolute atomic E-state index is 13.5. The number of ketones is 1. The number of ether oxygens (including phenoxy) is 3. The highest BCUT2D eigenvalue weighted by Crippen LogP contribution is 2.46. The molecular formula is C28H26N2O7S. The number of anilines is 1. The monoisotopic (exact) mass is 534 g/mol. The smallest absolute Gasteiger partial charge is 0.350 e. The predicted molar refractivity (Wildman–Crippen MR) is 141 cm³/mol. The van der Waals surface area contributed by atoms with Gasteiger partial charge in [-0.2, -0.15) is 0 Å². The van der Waals surface area contributed by atoms with Crippen LogP contribution in [0.15, 0.2) is 48.0 Å². The minimum Gasteiger partial charge on any atom is -0.507 e. The van der Waals surface area contributed by atoms with Crippen molar-refractivity contribution in [2.75, 3.05) is 18.6 Å². The molecule has 2 aliphatic rings. The molecule has 1 N–H and O–H groups in total. The highest BCUT2D eigenvalue weighted by Gasteiger charge is 2.49. The van der Waals surface area contributed by atoms with E-state index in [4.69, 9.17) is 14.2 Å². The molecule has 0 aliphatic carbocycles. The fourth-order valence-corrected chi connectivity index (χ4v) is 5.82. The number of methoxy groups -OCH3 is 1. The standard InChI is InChI=1S/C28H26N2O7S/c1-5-36-20-9-7-6-8-18(20)22-21(23(31)16-10-11-19-17(13-16)12-14(2)37-19)24(32)26(33)30(22)28-29-15(3)25(38-28)27(34)35-4/h6-11,13-14,22,31H,5,12H2,1-4H3. The summed E-state index contributed by atoms with van der Waals surface area (Å²) in [5.41, 5.74) is 2.06. The van der Waals surface area contributed by atoms with Gasteiger partial charge >= 0.3 is 11.9 Å². The van der Waals surface area contributed by atoms with Crippen LogP contribution in [0.3, 0.4) is 0 Å². The number of amides is 1. The number of aliphatic hydroxyl groups is 1. The van der Waals surface area contributed by atoms with Crippen molar-refractivity contribution in [1.29, 1.82) is 0 Å². The highest BCUT2D eigenvalue weighted by atomic mass is 32.1. The van der Waals surface area contributed by atoms with Crippen LogP contribution >= 0.6 is 11.3 Å². The zero-order valence-electron chi connectivity index (χ0n) is 21.3. The average Bonchev–Trinajstić information content (AvgIpc) is 3.55. The second-order valence-electron chi connectivity index (χ2n) is 9.00. The van der Waals surface area contributed by atoms with E-state index < -0.39 is 23.7 Å². The molecule has 1 aromatic heterocycles. The molecule has 0 bridgehead atoms. The third-order valence-corrected chi connectivity index (χ3v) is 7.63. The molecule has 0 spiro atoms. The number of carbonyl (C=O) groups is 3. The molecule has 10 heteroatoms. The lowest BCUT2D eigenvalue weighted by atomic mass is 9.94. The van der Waals surface area contributed by atoms with Crippen LogP contribution in [0.4, 0.5) is 5.13 Å². The summed E-state index contributed by atoms with van der Waals surface area (Å²) in [5, 5.41) is 11.7. The minimum atomic E-state index is -1.04. The Hall–Kier alpha value is -4.18. The Labute approximate surface area is 223 Å². The van der Waals surface area contributed by atoms with E-state index in [1.165, 1.54) is 12.0 Å². The third-order valence-electron chi connectivity index (χ3n) is 6.49. The summed E-state index contributed by atoms with van der Waals surface area (Å²) in [6, 6.07) is 11.2. The van der Waals surface area contributed by atoms with Crippen LogP contribution in [0, 0.1) is 6.92 Å². The van der Waals surface area contributed by atoms with E-state index in [1.807, 2.05) is 13.8 Å².